The molecule has 2 rings (SSSR count). The first kappa shape index (κ1) is 15.1. The SMILES string of the molecule is CCCC(OCC)C(NC)c1ccc2c(c1)OCCO2. The van der Waals surface area contributed by atoms with Crippen molar-refractivity contribution < 1.29 is 14.2 Å². The van der Waals surface area contributed by atoms with Crippen molar-refractivity contribution in [3.63, 3.8) is 0 Å². The quantitative estimate of drug-likeness (QED) is 0.833. The van der Waals surface area contributed by atoms with Crippen molar-refractivity contribution >= 4 is 0 Å². The lowest BCUT2D eigenvalue weighted by Gasteiger charge is -2.28. The lowest BCUT2D eigenvalue weighted by molar-refractivity contribution is 0.0294. The molecule has 1 N–H and O–H groups in total. The van der Waals surface area contributed by atoms with Gasteiger partial charge in [-0.25, -0.2) is 0 Å². The molecule has 112 valence electrons. The second-order valence-corrected chi connectivity index (χ2v) is 4.95. The van der Waals surface area contributed by atoms with Gasteiger partial charge in [-0.2, -0.15) is 0 Å². The predicted octanol–water partition coefficient (Wildman–Crippen LogP) is 2.92. The van der Waals surface area contributed by atoms with Crippen molar-refractivity contribution in [1.29, 1.82) is 0 Å². The van der Waals surface area contributed by atoms with E-state index in [-0.39, 0.29) is 12.1 Å². The average Bonchev–Trinajstić information content (AvgIpc) is 2.48. The summed E-state index contributed by atoms with van der Waals surface area (Å²) in [6.07, 6.45) is 2.32. The molecular weight excluding hydrogens is 254 g/mol. The van der Waals surface area contributed by atoms with Crippen LogP contribution in [0.1, 0.15) is 38.3 Å². The smallest absolute Gasteiger partial charge is 0.161 e. The van der Waals surface area contributed by atoms with E-state index in [9.17, 15) is 0 Å². The molecule has 2 atom stereocenters. The summed E-state index contributed by atoms with van der Waals surface area (Å²) < 4.78 is 17.1. The molecule has 1 aliphatic heterocycles. The lowest BCUT2D eigenvalue weighted by atomic mass is 9.97. The molecule has 0 spiro atoms. The Bertz CT molecular complexity index is 416. The highest BCUT2D eigenvalue weighted by Gasteiger charge is 2.23. The summed E-state index contributed by atoms with van der Waals surface area (Å²) in [5.41, 5.74) is 1.18. The van der Waals surface area contributed by atoms with Crippen LogP contribution in [0.2, 0.25) is 0 Å². The van der Waals surface area contributed by atoms with Crippen molar-refractivity contribution in [3.8, 4) is 11.5 Å². The highest BCUT2D eigenvalue weighted by atomic mass is 16.6. The lowest BCUT2D eigenvalue weighted by Crippen LogP contribution is -2.32. The summed E-state index contributed by atoms with van der Waals surface area (Å²) in [5.74, 6) is 1.67. The van der Waals surface area contributed by atoms with Gasteiger partial charge in [0.15, 0.2) is 11.5 Å². The molecule has 0 saturated carbocycles. The second kappa shape index (κ2) is 7.50. The Hall–Kier alpha value is -1.26. The van der Waals surface area contributed by atoms with Gasteiger partial charge in [0.2, 0.25) is 0 Å². The summed E-state index contributed by atoms with van der Waals surface area (Å²) in [5, 5.41) is 3.37. The van der Waals surface area contributed by atoms with Gasteiger partial charge >= 0.3 is 0 Å². The maximum Gasteiger partial charge on any atom is 0.161 e. The van der Waals surface area contributed by atoms with Gasteiger partial charge in [-0.3, -0.25) is 0 Å². The zero-order chi connectivity index (χ0) is 14.4. The van der Waals surface area contributed by atoms with E-state index < -0.39 is 0 Å². The minimum atomic E-state index is 0.172. The molecule has 2 unspecified atom stereocenters. The molecule has 0 bridgehead atoms. The van der Waals surface area contributed by atoms with Gasteiger partial charge in [0.05, 0.1) is 12.1 Å². The fraction of sp³-hybridized carbons (Fsp3) is 0.625. The molecule has 20 heavy (non-hydrogen) atoms. The maximum absolute atomic E-state index is 5.90. The van der Waals surface area contributed by atoms with Crippen LogP contribution in [0, 0.1) is 0 Å². The van der Waals surface area contributed by atoms with Crippen molar-refractivity contribution in [3.05, 3.63) is 23.8 Å². The van der Waals surface area contributed by atoms with Crippen LogP contribution in [0.15, 0.2) is 18.2 Å². The van der Waals surface area contributed by atoms with E-state index in [4.69, 9.17) is 14.2 Å². The molecule has 0 fully saturated rings. The van der Waals surface area contributed by atoms with Crippen molar-refractivity contribution in [2.45, 2.75) is 38.8 Å². The van der Waals surface area contributed by atoms with Crippen LogP contribution >= 0.6 is 0 Å². The van der Waals surface area contributed by atoms with E-state index in [1.807, 2.05) is 20.0 Å². The summed E-state index contributed by atoms with van der Waals surface area (Å²) in [4.78, 5) is 0. The number of nitrogens with one attached hydrogen (secondary N) is 1. The van der Waals surface area contributed by atoms with E-state index in [0.717, 1.165) is 30.9 Å². The Kier molecular flexibility index (Phi) is 5.68. The third-order valence-corrected chi connectivity index (χ3v) is 3.56. The number of likely N-dealkylation sites (N-methyl/N-ethyl adjacent to an activating group) is 1. The fourth-order valence-corrected chi connectivity index (χ4v) is 2.67. The Balaban J connectivity index is 2.21. The molecule has 0 radical (unpaired) electrons. The number of rotatable bonds is 7. The fourth-order valence-electron chi connectivity index (χ4n) is 2.67. The summed E-state index contributed by atoms with van der Waals surface area (Å²) in [7, 11) is 1.98. The van der Waals surface area contributed by atoms with Gasteiger partial charge in [0.25, 0.3) is 0 Å². The minimum absolute atomic E-state index is 0.172. The second-order valence-electron chi connectivity index (χ2n) is 4.95. The molecule has 4 heteroatoms. The van der Waals surface area contributed by atoms with E-state index in [1.54, 1.807) is 0 Å². The van der Waals surface area contributed by atoms with Crippen LogP contribution < -0.4 is 14.8 Å². The van der Waals surface area contributed by atoms with Gasteiger partial charge in [-0.1, -0.05) is 19.4 Å². The van der Waals surface area contributed by atoms with E-state index in [2.05, 4.69) is 24.4 Å². The molecule has 0 amide bonds. The molecule has 1 aliphatic rings. The molecular formula is C16H25NO3. The van der Waals surface area contributed by atoms with Crippen LogP contribution in [0.3, 0.4) is 0 Å². The number of benzene rings is 1. The van der Waals surface area contributed by atoms with Gasteiger partial charge in [0, 0.05) is 6.61 Å². The number of hydrogen-bond donors (Lipinski definition) is 1. The normalized spacial score (nSPS) is 16.8. The highest BCUT2D eigenvalue weighted by Crippen LogP contribution is 2.34. The predicted molar refractivity (Wildman–Crippen MR) is 79.6 cm³/mol. The van der Waals surface area contributed by atoms with Gasteiger partial charge in [-0.05, 0) is 38.1 Å². The van der Waals surface area contributed by atoms with E-state index in [0.29, 0.717) is 13.2 Å². The van der Waals surface area contributed by atoms with Gasteiger partial charge in [-0.15, -0.1) is 0 Å². The maximum atomic E-state index is 5.90. The van der Waals surface area contributed by atoms with E-state index in [1.165, 1.54) is 5.56 Å². The van der Waals surface area contributed by atoms with Crippen LogP contribution in [0.25, 0.3) is 0 Å². The van der Waals surface area contributed by atoms with Gasteiger partial charge in [0.1, 0.15) is 13.2 Å². The largest absolute Gasteiger partial charge is 0.486 e. The summed E-state index contributed by atoms with van der Waals surface area (Å²) >= 11 is 0. The zero-order valence-electron chi connectivity index (χ0n) is 12.6. The number of fused-ring (bicyclic) bond motifs is 1. The molecule has 0 saturated heterocycles. The molecule has 1 aromatic carbocycles. The van der Waals surface area contributed by atoms with Crippen LogP contribution in [0.4, 0.5) is 0 Å². The average molecular weight is 279 g/mol. The van der Waals surface area contributed by atoms with Crippen LogP contribution in [-0.2, 0) is 4.74 Å². The first-order valence-corrected chi connectivity index (χ1v) is 7.48. The Morgan fingerprint density at radius 1 is 1.20 bits per heavy atom. The summed E-state index contributed by atoms with van der Waals surface area (Å²) in [6, 6.07) is 6.32. The Labute approximate surface area is 121 Å². The molecule has 0 aromatic heterocycles. The number of hydrogen-bond acceptors (Lipinski definition) is 4. The van der Waals surface area contributed by atoms with Gasteiger partial charge < -0.3 is 19.5 Å². The highest BCUT2D eigenvalue weighted by molar-refractivity contribution is 5.44. The molecule has 0 aliphatic carbocycles. The topological polar surface area (TPSA) is 39.7 Å². The Morgan fingerprint density at radius 2 is 1.95 bits per heavy atom. The summed E-state index contributed by atoms with van der Waals surface area (Å²) in [6.45, 7) is 6.19. The third kappa shape index (κ3) is 3.44. The number of ether oxygens (including phenoxy) is 3. The molecule has 4 nitrogen and oxygen atoms in total. The zero-order valence-corrected chi connectivity index (χ0v) is 12.6. The first-order valence-electron chi connectivity index (χ1n) is 7.48. The third-order valence-electron chi connectivity index (χ3n) is 3.56. The van der Waals surface area contributed by atoms with Crippen LogP contribution in [0.5, 0.6) is 11.5 Å². The van der Waals surface area contributed by atoms with Crippen molar-refractivity contribution in [2.75, 3.05) is 26.9 Å². The minimum Gasteiger partial charge on any atom is -0.486 e. The molecule has 1 aromatic rings. The van der Waals surface area contributed by atoms with Crippen LogP contribution in [-0.4, -0.2) is 33.0 Å². The first-order chi connectivity index (χ1) is 9.80. The standard InChI is InChI=1S/C16H25NO3/c1-4-6-14(18-5-2)16(17-3)12-7-8-13-15(11-12)20-10-9-19-13/h7-8,11,14,16-17H,4-6,9-10H2,1-3H3. The monoisotopic (exact) mass is 279 g/mol. The van der Waals surface area contributed by atoms with Crippen molar-refractivity contribution in [1.82, 2.24) is 5.32 Å². The molecule has 1 heterocycles. The van der Waals surface area contributed by atoms with Crippen molar-refractivity contribution in [2.24, 2.45) is 0 Å². The van der Waals surface area contributed by atoms with E-state index >= 15 is 0 Å². The Morgan fingerprint density at radius 3 is 2.60 bits per heavy atom.